The summed E-state index contributed by atoms with van der Waals surface area (Å²) in [5.41, 5.74) is 4.52. The zero-order valence-electron chi connectivity index (χ0n) is 15.2. The molecule has 0 saturated carbocycles. The first kappa shape index (κ1) is 17.5. The third-order valence-electron chi connectivity index (χ3n) is 4.74. The number of nitrogens with zero attached hydrogens (tertiary/aromatic N) is 3. The van der Waals surface area contributed by atoms with Gasteiger partial charge in [-0.15, -0.1) is 0 Å². The van der Waals surface area contributed by atoms with Gasteiger partial charge in [-0.3, -0.25) is 9.78 Å². The molecule has 1 aromatic heterocycles. The van der Waals surface area contributed by atoms with Crippen LogP contribution in [0.2, 0.25) is 0 Å². The van der Waals surface area contributed by atoms with Crippen molar-refractivity contribution in [2.24, 2.45) is 0 Å². The molecule has 1 aromatic carbocycles. The Morgan fingerprint density at radius 3 is 2.56 bits per heavy atom. The minimum Gasteiger partial charge on any atom is -0.366 e. The summed E-state index contributed by atoms with van der Waals surface area (Å²) in [6, 6.07) is 10.6. The number of rotatable bonds is 6. The van der Waals surface area contributed by atoms with E-state index in [1.165, 1.54) is 11.1 Å². The van der Waals surface area contributed by atoms with E-state index in [-0.39, 0.29) is 5.91 Å². The second kappa shape index (κ2) is 8.15. The minimum absolute atomic E-state index is 0.0930. The van der Waals surface area contributed by atoms with Crippen LogP contribution >= 0.6 is 0 Å². The van der Waals surface area contributed by atoms with Gasteiger partial charge in [0.2, 0.25) is 0 Å². The van der Waals surface area contributed by atoms with Gasteiger partial charge in [0.1, 0.15) is 0 Å². The second-order valence-corrected chi connectivity index (χ2v) is 6.66. The largest absolute Gasteiger partial charge is 0.366 e. The molecule has 0 N–H and O–H groups in total. The van der Waals surface area contributed by atoms with E-state index < -0.39 is 0 Å². The summed E-state index contributed by atoms with van der Waals surface area (Å²) in [4.78, 5) is 21.4. The number of fused-ring (bicyclic) bond motifs is 1. The van der Waals surface area contributed by atoms with E-state index >= 15 is 0 Å². The summed E-state index contributed by atoms with van der Waals surface area (Å²) in [7, 11) is 0. The fraction of sp³-hybridized carbons (Fsp3) is 0.429. The number of carbonyl (C=O) groups excluding carboxylic acids is 1. The summed E-state index contributed by atoms with van der Waals surface area (Å²) in [5.74, 6) is 0.0930. The summed E-state index contributed by atoms with van der Waals surface area (Å²) in [6.07, 6.45) is 6.55. The highest BCUT2D eigenvalue weighted by Crippen LogP contribution is 2.24. The molecule has 25 heavy (non-hydrogen) atoms. The number of aromatic nitrogens is 1. The molecule has 0 spiro atoms. The van der Waals surface area contributed by atoms with Crippen molar-refractivity contribution in [3.63, 3.8) is 0 Å². The number of pyridine rings is 1. The topological polar surface area (TPSA) is 36.4 Å². The molecule has 0 fully saturated rings. The second-order valence-electron chi connectivity index (χ2n) is 6.66. The van der Waals surface area contributed by atoms with E-state index in [4.69, 9.17) is 0 Å². The molecule has 2 heterocycles. The molecule has 0 atom stereocenters. The zero-order chi connectivity index (χ0) is 17.6. The van der Waals surface area contributed by atoms with Crippen LogP contribution in [0.15, 0.2) is 42.7 Å². The van der Waals surface area contributed by atoms with Crippen LogP contribution in [0.25, 0.3) is 0 Å². The van der Waals surface area contributed by atoms with Gasteiger partial charge in [0.15, 0.2) is 0 Å². The van der Waals surface area contributed by atoms with Crippen molar-refractivity contribution in [3.8, 4) is 0 Å². The Hall–Kier alpha value is -2.36. The Morgan fingerprint density at radius 2 is 1.84 bits per heavy atom. The van der Waals surface area contributed by atoms with Crippen molar-refractivity contribution in [1.82, 2.24) is 9.88 Å². The molecular weight excluding hydrogens is 310 g/mol. The molecular formula is C21H27N3O. The molecule has 3 rings (SSSR count). The van der Waals surface area contributed by atoms with Gasteiger partial charge in [0, 0.05) is 32.4 Å². The molecule has 0 saturated heterocycles. The molecule has 0 bridgehead atoms. The number of hydrogen-bond acceptors (Lipinski definition) is 3. The molecule has 4 nitrogen and oxygen atoms in total. The molecule has 0 aliphatic carbocycles. The Balaban J connectivity index is 1.79. The smallest absolute Gasteiger partial charge is 0.255 e. The number of carbonyl (C=O) groups is 1. The average molecular weight is 337 g/mol. The molecule has 0 radical (unpaired) electrons. The van der Waals surface area contributed by atoms with Crippen molar-refractivity contribution < 1.29 is 4.79 Å². The number of benzene rings is 1. The quantitative estimate of drug-likeness (QED) is 0.802. The summed E-state index contributed by atoms with van der Waals surface area (Å²) in [6.45, 7) is 7.65. The van der Waals surface area contributed by atoms with Crippen LogP contribution in [-0.2, 0) is 13.0 Å². The predicted molar refractivity (Wildman–Crippen MR) is 102 cm³/mol. The maximum atomic E-state index is 12.8. The van der Waals surface area contributed by atoms with Crippen LogP contribution in [0.4, 0.5) is 5.69 Å². The Labute approximate surface area is 150 Å². The number of amides is 1. The molecule has 1 aliphatic heterocycles. The van der Waals surface area contributed by atoms with Crippen molar-refractivity contribution in [3.05, 3.63) is 59.4 Å². The van der Waals surface area contributed by atoms with E-state index in [0.717, 1.165) is 51.1 Å². The van der Waals surface area contributed by atoms with E-state index in [9.17, 15) is 4.79 Å². The van der Waals surface area contributed by atoms with Gasteiger partial charge in [-0.05, 0) is 36.5 Å². The van der Waals surface area contributed by atoms with Crippen molar-refractivity contribution in [2.45, 2.75) is 39.7 Å². The van der Waals surface area contributed by atoms with Gasteiger partial charge in [0.05, 0.1) is 17.4 Å². The van der Waals surface area contributed by atoms with Gasteiger partial charge in [-0.2, -0.15) is 0 Å². The predicted octanol–water partition coefficient (Wildman–Crippen LogP) is 3.91. The highest BCUT2D eigenvalue weighted by Gasteiger charge is 2.19. The lowest BCUT2D eigenvalue weighted by Crippen LogP contribution is -2.33. The minimum atomic E-state index is 0.0930. The molecule has 132 valence electrons. The van der Waals surface area contributed by atoms with Crippen LogP contribution in [0.3, 0.4) is 0 Å². The molecule has 0 unspecified atom stereocenters. The average Bonchev–Trinajstić information content (AvgIpc) is 2.67. The lowest BCUT2D eigenvalue weighted by atomic mass is 9.99. The van der Waals surface area contributed by atoms with Crippen LogP contribution in [-0.4, -0.2) is 35.4 Å². The van der Waals surface area contributed by atoms with Crippen LogP contribution in [0.1, 0.15) is 48.2 Å². The first-order chi connectivity index (χ1) is 12.2. The Kier molecular flexibility index (Phi) is 5.69. The SMILES string of the molecule is CCCN(CCC)C(=O)c1cncc(N2CCc3ccccc3C2)c1. The lowest BCUT2D eigenvalue weighted by Gasteiger charge is -2.31. The Morgan fingerprint density at radius 1 is 1.12 bits per heavy atom. The van der Waals surface area contributed by atoms with Crippen LogP contribution < -0.4 is 4.90 Å². The molecule has 1 amide bonds. The normalized spacial score (nSPS) is 13.4. The van der Waals surface area contributed by atoms with Crippen LogP contribution in [0.5, 0.6) is 0 Å². The van der Waals surface area contributed by atoms with E-state index in [0.29, 0.717) is 5.56 Å². The lowest BCUT2D eigenvalue weighted by molar-refractivity contribution is 0.0755. The van der Waals surface area contributed by atoms with E-state index in [1.807, 2.05) is 17.2 Å². The maximum absolute atomic E-state index is 12.8. The standard InChI is InChI=1S/C21H27N3O/c1-3-10-23(11-4-2)21(25)19-13-20(15-22-14-19)24-12-9-17-7-5-6-8-18(17)16-24/h5-8,13-15H,3-4,9-12,16H2,1-2H3. The monoisotopic (exact) mass is 337 g/mol. The van der Waals surface area contributed by atoms with E-state index in [2.05, 4.69) is 48.0 Å². The number of anilines is 1. The summed E-state index contributed by atoms with van der Waals surface area (Å²) in [5, 5.41) is 0. The van der Waals surface area contributed by atoms with Gasteiger partial charge in [-0.1, -0.05) is 38.1 Å². The molecule has 2 aromatic rings. The van der Waals surface area contributed by atoms with Crippen LogP contribution in [0, 0.1) is 0 Å². The fourth-order valence-electron chi connectivity index (χ4n) is 3.47. The zero-order valence-corrected chi connectivity index (χ0v) is 15.2. The van der Waals surface area contributed by atoms with Gasteiger partial charge in [0.25, 0.3) is 5.91 Å². The Bertz CT molecular complexity index is 723. The number of hydrogen-bond donors (Lipinski definition) is 0. The van der Waals surface area contributed by atoms with Crippen molar-refractivity contribution in [1.29, 1.82) is 0 Å². The highest BCUT2D eigenvalue weighted by atomic mass is 16.2. The summed E-state index contributed by atoms with van der Waals surface area (Å²) < 4.78 is 0. The molecule has 4 heteroatoms. The highest BCUT2D eigenvalue weighted by molar-refractivity contribution is 5.94. The van der Waals surface area contributed by atoms with Gasteiger partial charge >= 0.3 is 0 Å². The van der Waals surface area contributed by atoms with Gasteiger partial charge < -0.3 is 9.80 Å². The van der Waals surface area contributed by atoms with Crippen molar-refractivity contribution in [2.75, 3.05) is 24.5 Å². The van der Waals surface area contributed by atoms with E-state index in [1.54, 1.807) is 6.20 Å². The maximum Gasteiger partial charge on any atom is 0.255 e. The van der Waals surface area contributed by atoms with Crippen molar-refractivity contribution >= 4 is 11.6 Å². The summed E-state index contributed by atoms with van der Waals surface area (Å²) >= 11 is 0. The van der Waals surface area contributed by atoms with Gasteiger partial charge in [-0.25, -0.2) is 0 Å². The fourth-order valence-corrected chi connectivity index (χ4v) is 3.47. The third-order valence-corrected chi connectivity index (χ3v) is 4.74. The molecule has 1 aliphatic rings. The first-order valence-corrected chi connectivity index (χ1v) is 9.29. The first-order valence-electron chi connectivity index (χ1n) is 9.29. The third kappa shape index (κ3) is 4.01.